The number of ether oxygens (including phenoxy) is 3. The number of hydrogen-bond acceptors (Lipinski definition) is 7. The van der Waals surface area contributed by atoms with Gasteiger partial charge < -0.3 is 19.1 Å². The van der Waals surface area contributed by atoms with Gasteiger partial charge in [-0.3, -0.25) is 4.79 Å². The molecule has 1 aromatic heterocycles. The van der Waals surface area contributed by atoms with Crippen LogP contribution in [0.15, 0.2) is 48.5 Å². The summed E-state index contributed by atoms with van der Waals surface area (Å²) in [6, 6.07) is 16.9. The summed E-state index contributed by atoms with van der Waals surface area (Å²) in [4.78, 5) is 27.3. The normalized spacial score (nSPS) is 15.5. The molecule has 1 saturated heterocycles. The van der Waals surface area contributed by atoms with Crippen molar-refractivity contribution < 1.29 is 23.8 Å². The third-order valence-electron chi connectivity index (χ3n) is 5.66. The van der Waals surface area contributed by atoms with E-state index >= 15 is 0 Å². The van der Waals surface area contributed by atoms with E-state index in [1.54, 1.807) is 40.5 Å². The monoisotopic (exact) mass is 506 g/mol. The first-order valence-corrected chi connectivity index (χ1v) is 12.9. The second kappa shape index (κ2) is 11.0. The van der Waals surface area contributed by atoms with E-state index in [1.165, 1.54) is 4.88 Å². The van der Waals surface area contributed by atoms with Gasteiger partial charge in [0.15, 0.2) is 0 Å². The number of rotatable bonds is 7. The maximum Gasteiger partial charge on any atom is 0.410 e. The predicted octanol–water partition coefficient (Wildman–Crippen LogP) is 6.09. The summed E-state index contributed by atoms with van der Waals surface area (Å²) >= 11 is 1.69. The number of amides is 1. The topological polar surface area (TPSA) is 88.9 Å². The van der Waals surface area contributed by atoms with Gasteiger partial charge in [0.05, 0.1) is 18.2 Å². The number of nitriles is 1. The molecule has 1 aliphatic heterocycles. The van der Waals surface area contributed by atoms with Crippen LogP contribution < -0.4 is 9.47 Å². The first-order chi connectivity index (χ1) is 17.2. The molecule has 2 heterocycles. The first-order valence-electron chi connectivity index (χ1n) is 12.1. The zero-order valence-electron chi connectivity index (χ0n) is 20.8. The number of hydrogen-bond donors (Lipinski definition) is 0. The third-order valence-corrected chi connectivity index (χ3v) is 6.83. The molecule has 1 amide bonds. The fraction of sp³-hybridized carbons (Fsp3) is 0.393. The van der Waals surface area contributed by atoms with Crippen molar-refractivity contribution >= 4 is 33.5 Å². The second-order valence-corrected chi connectivity index (χ2v) is 11.0. The molecule has 3 aromatic rings. The molecule has 0 N–H and O–H groups in total. The third kappa shape index (κ3) is 6.98. The minimum Gasteiger partial charge on any atom is -0.489 e. The Kier molecular flexibility index (Phi) is 7.80. The fourth-order valence-electron chi connectivity index (χ4n) is 3.98. The molecule has 0 bridgehead atoms. The van der Waals surface area contributed by atoms with Gasteiger partial charge in [-0.15, -0.1) is 11.3 Å². The summed E-state index contributed by atoms with van der Waals surface area (Å²) in [5.41, 5.74) is 0.128. The van der Waals surface area contributed by atoms with Crippen molar-refractivity contribution in [3.8, 4) is 17.6 Å². The number of thiophene rings is 1. The molecule has 1 aliphatic rings. The van der Waals surface area contributed by atoms with Crippen LogP contribution in [0.4, 0.5) is 4.79 Å². The summed E-state index contributed by atoms with van der Waals surface area (Å²) in [6.45, 7) is 6.62. The predicted molar refractivity (Wildman–Crippen MR) is 138 cm³/mol. The number of nitrogens with zero attached hydrogens (tertiary/aromatic N) is 2. The summed E-state index contributed by atoms with van der Waals surface area (Å²) in [7, 11) is 0. The molecule has 0 saturated carbocycles. The lowest BCUT2D eigenvalue weighted by Gasteiger charge is -2.24. The second-order valence-electron chi connectivity index (χ2n) is 9.83. The van der Waals surface area contributed by atoms with E-state index in [2.05, 4.69) is 12.1 Å². The van der Waals surface area contributed by atoms with Gasteiger partial charge in [-0.2, -0.15) is 5.26 Å². The number of carbonyl (C=O) groups is 2. The van der Waals surface area contributed by atoms with Crippen LogP contribution >= 0.6 is 11.3 Å². The average molecular weight is 507 g/mol. The summed E-state index contributed by atoms with van der Waals surface area (Å²) in [5.74, 6) is 0.857. The molecule has 1 fully saturated rings. The molecule has 2 aromatic carbocycles. The molecule has 1 atom stereocenters. The van der Waals surface area contributed by atoms with Crippen molar-refractivity contribution in [1.82, 2.24) is 4.90 Å². The van der Waals surface area contributed by atoms with Gasteiger partial charge in [0.2, 0.25) is 0 Å². The molecule has 0 unspecified atom stereocenters. The standard InChI is InChI=1S/C28H30N2O5S/c1-28(2,3)35-27(32)30-14-13-23(18-30)33-21-8-10-22(11-9-21)34-26(31)6-4-5-24-16-20-15-19(17-29)7-12-25(20)36-24/h7-12,15-16,23H,4-6,13-14,18H2,1-3H3/t23-/m0/s1. The van der Waals surface area contributed by atoms with Gasteiger partial charge in [0, 0.05) is 29.0 Å². The summed E-state index contributed by atoms with van der Waals surface area (Å²) in [6.07, 6.45) is 2.09. The van der Waals surface area contributed by atoms with Gasteiger partial charge in [0.1, 0.15) is 23.2 Å². The highest BCUT2D eigenvalue weighted by Crippen LogP contribution is 2.28. The molecular weight excluding hydrogens is 476 g/mol. The Bertz CT molecular complexity index is 1270. The number of benzene rings is 2. The smallest absolute Gasteiger partial charge is 0.410 e. The SMILES string of the molecule is CC(C)(C)OC(=O)N1CC[C@H](Oc2ccc(OC(=O)CCCc3cc4cc(C#N)ccc4s3)cc2)C1. The molecule has 0 spiro atoms. The Labute approximate surface area is 215 Å². The lowest BCUT2D eigenvalue weighted by Crippen LogP contribution is -2.36. The summed E-state index contributed by atoms with van der Waals surface area (Å²) in [5, 5.41) is 10.1. The maximum absolute atomic E-state index is 12.3. The molecule has 36 heavy (non-hydrogen) atoms. The van der Waals surface area contributed by atoms with Crippen molar-refractivity contribution in [2.24, 2.45) is 0 Å². The Hall–Kier alpha value is -3.57. The van der Waals surface area contributed by atoms with E-state index in [4.69, 9.17) is 19.5 Å². The zero-order chi connectivity index (χ0) is 25.7. The lowest BCUT2D eigenvalue weighted by molar-refractivity contribution is -0.134. The molecule has 7 nitrogen and oxygen atoms in total. The van der Waals surface area contributed by atoms with Crippen molar-refractivity contribution in [2.45, 2.75) is 58.2 Å². The Morgan fingerprint density at radius 3 is 2.58 bits per heavy atom. The molecule has 0 radical (unpaired) electrons. The highest BCUT2D eigenvalue weighted by atomic mass is 32.1. The number of likely N-dealkylation sites (tertiary alicyclic amines) is 1. The fourth-order valence-corrected chi connectivity index (χ4v) is 5.06. The van der Waals surface area contributed by atoms with E-state index in [1.807, 2.05) is 39.0 Å². The van der Waals surface area contributed by atoms with Crippen LogP contribution in [0.25, 0.3) is 10.1 Å². The summed E-state index contributed by atoms with van der Waals surface area (Å²) < 4.78 is 18.0. The van der Waals surface area contributed by atoms with Crippen molar-refractivity contribution in [2.75, 3.05) is 13.1 Å². The van der Waals surface area contributed by atoms with Crippen LogP contribution in [-0.4, -0.2) is 41.8 Å². The van der Waals surface area contributed by atoms with E-state index < -0.39 is 5.60 Å². The minimum absolute atomic E-state index is 0.105. The van der Waals surface area contributed by atoms with Crippen LogP contribution in [0.3, 0.4) is 0 Å². The van der Waals surface area contributed by atoms with Crippen LogP contribution in [0.2, 0.25) is 0 Å². The number of carbonyl (C=O) groups excluding carboxylic acids is 2. The highest BCUT2D eigenvalue weighted by Gasteiger charge is 2.30. The average Bonchev–Trinajstić information content (AvgIpc) is 3.45. The van der Waals surface area contributed by atoms with Gasteiger partial charge in [-0.25, -0.2) is 4.79 Å². The molecular formula is C28H30N2O5S. The van der Waals surface area contributed by atoms with E-state index in [9.17, 15) is 9.59 Å². The number of esters is 1. The minimum atomic E-state index is -0.523. The van der Waals surface area contributed by atoms with Crippen molar-refractivity contribution in [3.63, 3.8) is 0 Å². The lowest BCUT2D eigenvalue weighted by atomic mass is 10.1. The van der Waals surface area contributed by atoms with Gasteiger partial charge in [0.25, 0.3) is 0 Å². The maximum atomic E-state index is 12.3. The van der Waals surface area contributed by atoms with Crippen LogP contribution in [0.1, 0.15) is 50.5 Å². The van der Waals surface area contributed by atoms with E-state index in [-0.39, 0.29) is 18.2 Å². The highest BCUT2D eigenvalue weighted by molar-refractivity contribution is 7.19. The number of fused-ring (bicyclic) bond motifs is 1. The Morgan fingerprint density at radius 1 is 1.11 bits per heavy atom. The molecule has 0 aliphatic carbocycles. The van der Waals surface area contributed by atoms with Gasteiger partial charge in [-0.1, -0.05) is 0 Å². The van der Waals surface area contributed by atoms with Crippen molar-refractivity contribution in [1.29, 1.82) is 5.26 Å². The van der Waals surface area contributed by atoms with Crippen molar-refractivity contribution in [3.05, 3.63) is 59.0 Å². The van der Waals surface area contributed by atoms with Crippen LogP contribution in [-0.2, 0) is 16.0 Å². The van der Waals surface area contributed by atoms with Gasteiger partial charge in [-0.05, 0) is 87.5 Å². The molecule has 4 rings (SSSR count). The van der Waals surface area contributed by atoms with Crippen LogP contribution in [0, 0.1) is 11.3 Å². The van der Waals surface area contributed by atoms with E-state index in [0.717, 1.165) is 22.9 Å². The Balaban J connectivity index is 1.20. The number of aryl methyl sites for hydroxylation is 1. The quantitative estimate of drug-likeness (QED) is 0.285. The zero-order valence-corrected chi connectivity index (χ0v) is 21.6. The largest absolute Gasteiger partial charge is 0.489 e. The first kappa shape index (κ1) is 25.5. The molecule has 188 valence electrons. The van der Waals surface area contributed by atoms with E-state index in [0.29, 0.717) is 43.0 Å². The molecule has 8 heteroatoms. The Morgan fingerprint density at radius 2 is 1.86 bits per heavy atom. The van der Waals surface area contributed by atoms with Crippen LogP contribution in [0.5, 0.6) is 11.5 Å². The van der Waals surface area contributed by atoms with Gasteiger partial charge >= 0.3 is 12.1 Å².